The van der Waals surface area contributed by atoms with Crippen LogP contribution < -0.4 is 11.3 Å². The summed E-state index contributed by atoms with van der Waals surface area (Å²) in [6.07, 6.45) is 1.66. The monoisotopic (exact) mass is 296 g/mol. The normalized spacial score (nSPS) is 10.5. The summed E-state index contributed by atoms with van der Waals surface area (Å²) in [6, 6.07) is 7.59. The van der Waals surface area contributed by atoms with Gasteiger partial charge in [0.2, 0.25) is 0 Å². The van der Waals surface area contributed by atoms with Crippen LogP contribution in [-0.2, 0) is 6.54 Å². The van der Waals surface area contributed by atoms with Gasteiger partial charge in [0, 0.05) is 11.9 Å². The highest BCUT2D eigenvalue weighted by molar-refractivity contribution is 9.10. The Hall–Kier alpha value is -1.62. The molecule has 88 valence electrons. The predicted molar refractivity (Wildman–Crippen MR) is 68.3 cm³/mol. The molecule has 0 saturated carbocycles. The molecule has 3 nitrogen and oxygen atoms in total. The number of hydrogen-bond acceptors (Lipinski definition) is 2. The van der Waals surface area contributed by atoms with Gasteiger partial charge in [-0.15, -0.1) is 0 Å². The number of rotatable bonds is 2. The molecular weight excluding hydrogens is 287 g/mol. The van der Waals surface area contributed by atoms with Crippen LogP contribution in [0.15, 0.2) is 45.8 Å². The van der Waals surface area contributed by atoms with Crippen molar-refractivity contribution in [2.24, 2.45) is 0 Å². The van der Waals surface area contributed by atoms with Crippen molar-refractivity contribution in [3.05, 3.63) is 62.7 Å². The van der Waals surface area contributed by atoms with Gasteiger partial charge in [-0.2, -0.15) is 0 Å². The first kappa shape index (κ1) is 11.9. The molecule has 17 heavy (non-hydrogen) atoms. The van der Waals surface area contributed by atoms with Gasteiger partial charge in [-0.3, -0.25) is 4.79 Å². The van der Waals surface area contributed by atoms with Crippen LogP contribution in [0.4, 0.5) is 10.1 Å². The average Bonchev–Trinajstić information content (AvgIpc) is 2.28. The third kappa shape index (κ3) is 2.55. The Bertz CT molecular complexity index is 610. The lowest BCUT2D eigenvalue weighted by Gasteiger charge is -2.08. The molecule has 0 amide bonds. The van der Waals surface area contributed by atoms with E-state index < -0.39 is 0 Å². The minimum Gasteiger partial charge on any atom is -0.398 e. The molecule has 1 aromatic carbocycles. The molecule has 1 heterocycles. The highest BCUT2D eigenvalue weighted by Crippen LogP contribution is 2.14. The van der Waals surface area contributed by atoms with E-state index in [1.165, 1.54) is 16.7 Å². The van der Waals surface area contributed by atoms with Crippen LogP contribution in [0.3, 0.4) is 0 Å². The highest BCUT2D eigenvalue weighted by atomic mass is 79.9. The zero-order valence-corrected chi connectivity index (χ0v) is 10.4. The van der Waals surface area contributed by atoms with Crippen molar-refractivity contribution < 1.29 is 4.39 Å². The maximum Gasteiger partial charge on any atom is 0.265 e. The first-order valence-electron chi connectivity index (χ1n) is 4.97. The number of nitrogen functional groups attached to an aromatic ring is 1. The number of halogens is 2. The molecular formula is C12H10BrFN2O. The molecule has 2 aromatic rings. The minimum atomic E-state index is -0.382. The van der Waals surface area contributed by atoms with Crippen molar-refractivity contribution in [1.82, 2.24) is 4.57 Å². The van der Waals surface area contributed by atoms with Gasteiger partial charge in [0.05, 0.1) is 11.0 Å². The van der Waals surface area contributed by atoms with Crippen molar-refractivity contribution in [2.45, 2.75) is 6.54 Å². The molecule has 2 N–H and O–H groups in total. The van der Waals surface area contributed by atoms with E-state index in [0.29, 0.717) is 22.3 Å². The fourth-order valence-electron chi connectivity index (χ4n) is 1.53. The van der Waals surface area contributed by atoms with Crippen LogP contribution in [0.2, 0.25) is 0 Å². The zero-order valence-electron chi connectivity index (χ0n) is 8.86. The molecule has 0 aliphatic heterocycles. The zero-order chi connectivity index (χ0) is 12.4. The van der Waals surface area contributed by atoms with Gasteiger partial charge >= 0.3 is 0 Å². The van der Waals surface area contributed by atoms with E-state index in [1.54, 1.807) is 24.4 Å². The summed E-state index contributed by atoms with van der Waals surface area (Å²) in [7, 11) is 0. The quantitative estimate of drug-likeness (QED) is 0.865. The highest BCUT2D eigenvalue weighted by Gasteiger charge is 2.04. The Morgan fingerprint density at radius 2 is 2.12 bits per heavy atom. The number of nitrogens with two attached hydrogens (primary N) is 1. The Morgan fingerprint density at radius 3 is 2.82 bits per heavy atom. The van der Waals surface area contributed by atoms with E-state index in [9.17, 15) is 9.18 Å². The molecule has 0 atom stereocenters. The van der Waals surface area contributed by atoms with Crippen LogP contribution in [0.1, 0.15) is 5.56 Å². The topological polar surface area (TPSA) is 48.0 Å². The first-order chi connectivity index (χ1) is 8.08. The molecule has 0 aliphatic rings. The largest absolute Gasteiger partial charge is 0.398 e. The van der Waals surface area contributed by atoms with E-state index in [4.69, 9.17) is 5.73 Å². The van der Waals surface area contributed by atoms with Crippen molar-refractivity contribution in [2.75, 3.05) is 5.73 Å². The van der Waals surface area contributed by atoms with Crippen LogP contribution in [0.5, 0.6) is 0 Å². The molecule has 0 spiro atoms. The predicted octanol–water partition coefficient (Wildman–Crippen LogP) is 2.38. The number of nitrogens with zero attached hydrogens (tertiary/aromatic N) is 1. The molecule has 2 rings (SSSR count). The smallest absolute Gasteiger partial charge is 0.265 e. The maximum atomic E-state index is 12.9. The second-order valence-corrected chi connectivity index (χ2v) is 4.49. The summed E-state index contributed by atoms with van der Waals surface area (Å²) in [4.78, 5) is 11.8. The average molecular weight is 297 g/mol. The van der Waals surface area contributed by atoms with Gasteiger partial charge in [-0.25, -0.2) is 4.39 Å². The number of anilines is 1. The number of hydrogen-bond donors (Lipinski definition) is 1. The fraction of sp³-hybridized carbons (Fsp3) is 0.0833. The van der Waals surface area contributed by atoms with Gasteiger partial charge in [-0.1, -0.05) is 6.07 Å². The lowest BCUT2D eigenvalue weighted by molar-refractivity contribution is 0.627. The van der Waals surface area contributed by atoms with E-state index in [0.717, 1.165) is 0 Å². The third-order valence-electron chi connectivity index (χ3n) is 2.42. The molecule has 1 aromatic heterocycles. The summed E-state index contributed by atoms with van der Waals surface area (Å²) in [5, 5.41) is 0. The summed E-state index contributed by atoms with van der Waals surface area (Å²) in [5.74, 6) is -0.382. The number of aromatic nitrogens is 1. The van der Waals surface area contributed by atoms with Gasteiger partial charge < -0.3 is 10.3 Å². The Labute approximate surface area is 106 Å². The molecule has 0 aliphatic carbocycles. The Kier molecular flexibility index (Phi) is 3.28. The summed E-state index contributed by atoms with van der Waals surface area (Å²) in [6.45, 7) is 0.324. The molecule has 0 bridgehead atoms. The number of benzene rings is 1. The van der Waals surface area contributed by atoms with E-state index >= 15 is 0 Å². The van der Waals surface area contributed by atoms with Gasteiger partial charge in [0.15, 0.2) is 0 Å². The second-order valence-electron chi connectivity index (χ2n) is 3.63. The number of pyridine rings is 1. The van der Waals surface area contributed by atoms with Crippen molar-refractivity contribution in [3.63, 3.8) is 0 Å². The van der Waals surface area contributed by atoms with Crippen molar-refractivity contribution in [1.29, 1.82) is 0 Å². The Balaban J connectivity index is 2.38. The minimum absolute atomic E-state index is 0.142. The van der Waals surface area contributed by atoms with Crippen LogP contribution in [0, 0.1) is 5.82 Å². The van der Waals surface area contributed by atoms with Gasteiger partial charge in [-0.05, 0) is 45.8 Å². The third-order valence-corrected chi connectivity index (χ3v) is 3.03. The Morgan fingerprint density at radius 1 is 1.35 bits per heavy atom. The van der Waals surface area contributed by atoms with E-state index in [-0.39, 0.29) is 11.4 Å². The maximum absolute atomic E-state index is 12.9. The summed E-state index contributed by atoms with van der Waals surface area (Å²) in [5.41, 5.74) is 6.61. The fourth-order valence-corrected chi connectivity index (χ4v) is 1.91. The van der Waals surface area contributed by atoms with Gasteiger partial charge in [0.25, 0.3) is 5.56 Å². The van der Waals surface area contributed by atoms with E-state index in [1.807, 2.05) is 0 Å². The molecule has 5 heteroatoms. The summed E-state index contributed by atoms with van der Waals surface area (Å²) < 4.78 is 14.9. The van der Waals surface area contributed by atoms with Crippen molar-refractivity contribution >= 4 is 21.6 Å². The lowest BCUT2D eigenvalue weighted by Crippen LogP contribution is -2.20. The van der Waals surface area contributed by atoms with Crippen LogP contribution >= 0.6 is 15.9 Å². The van der Waals surface area contributed by atoms with Crippen LogP contribution in [0.25, 0.3) is 0 Å². The van der Waals surface area contributed by atoms with Crippen LogP contribution in [-0.4, -0.2) is 4.57 Å². The molecule has 0 radical (unpaired) electrons. The molecule has 0 fully saturated rings. The second kappa shape index (κ2) is 4.71. The SMILES string of the molecule is Nc1cc(F)ccc1Cn1cccc(Br)c1=O. The first-order valence-corrected chi connectivity index (χ1v) is 5.76. The summed E-state index contributed by atoms with van der Waals surface area (Å²) >= 11 is 3.16. The standard InChI is InChI=1S/C12H10BrFN2O/c13-10-2-1-5-16(12(10)17)7-8-3-4-9(14)6-11(8)15/h1-6H,7,15H2. The molecule has 0 unspecified atom stereocenters. The lowest BCUT2D eigenvalue weighted by atomic mass is 10.2. The van der Waals surface area contributed by atoms with Crippen molar-refractivity contribution in [3.8, 4) is 0 Å². The van der Waals surface area contributed by atoms with E-state index in [2.05, 4.69) is 15.9 Å². The van der Waals surface area contributed by atoms with Gasteiger partial charge in [0.1, 0.15) is 5.82 Å². The molecule has 0 saturated heterocycles.